The van der Waals surface area contributed by atoms with Crippen molar-refractivity contribution in [3.63, 3.8) is 0 Å². The Morgan fingerprint density at radius 1 is 1.10 bits per heavy atom. The first-order chi connectivity index (χ1) is 15.1. The Bertz CT molecular complexity index is 1110. The summed E-state index contributed by atoms with van der Waals surface area (Å²) in [5.74, 6) is 1.61. The Labute approximate surface area is 190 Å². The van der Waals surface area contributed by atoms with Crippen molar-refractivity contribution in [2.24, 2.45) is 5.10 Å². The molecule has 5 rings (SSSR count). The van der Waals surface area contributed by atoms with Gasteiger partial charge in [-0.15, -0.1) is 0 Å². The molecule has 3 aromatic rings. The lowest BCUT2D eigenvalue weighted by Gasteiger charge is -2.38. The van der Waals surface area contributed by atoms with Gasteiger partial charge in [0.25, 0.3) is 0 Å². The molecule has 31 heavy (non-hydrogen) atoms. The average Bonchev–Trinajstić information content (AvgIpc) is 3.24. The lowest BCUT2D eigenvalue weighted by molar-refractivity contribution is -0.0191. The Balaban J connectivity index is 1.52. The molecule has 158 valence electrons. The van der Waals surface area contributed by atoms with Gasteiger partial charge in [0.2, 0.25) is 6.23 Å². The normalized spacial score (nSPS) is 19.3. The molecule has 2 atom stereocenters. The van der Waals surface area contributed by atoms with E-state index in [4.69, 9.17) is 19.7 Å². The molecule has 0 aliphatic carbocycles. The summed E-state index contributed by atoms with van der Waals surface area (Å²) in [5, 5.41) is 16.1. The summed E-state index contributed by atoms with van der Waals surface area (Å²) >= 11 is 3.60. The van der Waals surface area contributed by atoms with E-state index in [-0.39, 0.29) is 25.5 Å². The molecule has 0 saturated carbocycles. The predicted molar refractivity (Wildman–Crippen MR) is 123 cm³/mol. The van der Waals surface area contributed by atoms with Gasteiger partial charge < -0.3 is 14.6 Å². The molecule has 6 heteroatoms. The molecule has 0 amide bonds. The van der Waals surface area contributed by atoms with Gasteiger partial charge in [-0.25, -0.2) is 5.01 Å². The molecule has 2 aliphatic rings. The molecule has 0 unspecified atom stereocenters. The summed E-state index contributed by atoms with van der Waals surface area (Å²) in [7, 11) is 0. The number of aryl methyl sites for hydroxylation is 1. The molecule has 0 fully saturated rings. The predicted octanol–water partition coefficient (Wildman–Crippen LogP) is 5.37. The molecule has 1 N–H and O–H groups in total. The van der Waals surface area contributed by atoms with Crippen LogP contribution in [0.4, 0.5) is 0 Å². The fourth-order valence-corrected chi connectivity index (χ4v) is 4.47. The van der Waals surface area contributed by atoms with E-state index in [0.717, 1.165) is 44.8 Å². The fourth-order valence-electron chi connectivity index (χ4n) is 4.09. The van der Waals surface area contributed by atoms with Gasteiger partial charge in [-0.05, 0) is 55.0 Å². The Morgan fingerprint density at radius 3 is 2.61 bits per heavy atom. The van der Waals surface area contributed by atoms with Crippen molar-refractivity contribution in [1.82, 2.24) is 5.01 Å². The highest BCUT2D eigenvalue weighted by Gasteiger charge is 2.41. The molecule has 0 aromatic heterocycles. The molecule has 3 aromatic carbocycles. The van der Waals surface area contributed by atoms with E-state index in [1.807, 2.05) is 36.4 Å². The van der Waals surface area contributed by atoms with E-state index in [9.17, 15) is 0 Å². The quantitative estimate of drug-likeness (QED) is 0.535. The molecule has 0 spiro atoms. The van der Waals surface area contributed by atoms with Crippen LogP contribution in [0, 0.1) is 6.92 Å². The fraction of sp³-hybridized carbons (Fsp3) is 0.240. The van der Waals surface area contributed by atoms with Crippen LogP contribution in [-0.2, 0) is 0 Å². The van der Waals surface area contributed by atoms with Crippen molar-refractivity contribution >= 4 is 21.6 Å². The van der Waals surface area contributed by atoms with E-state index in [0.29, 0.717) is 0 Å². The van der Waals surface area contributed by atoms with Gasteiger partial charge in [-0.1, -0.05) is 45.8 Å². The van der Waals surface area contributed by atoms with Crippen molar-refractivity contribution in [3.05, 3.63) is 93.5 Å². The number of nitrogens with zero attached hydrogens (tertiary/aromatic N) is 2. The second-order valence-electron chi connectivity index (χ2n) is 7.81. The van der Waals surface area contributed by atoms with Crippen molar-refractivity contribution in [2.75, 3.05) is 13.2 Å². The van der Waals surface area contributed by atoms with Crippen LogP contribution in [0.3, 0.4) is 0 Å². The standard InChI is InChI=1S/C25H23BrN2O3/c1-16-2-4-17(5-3-16)22-15-23-21-14-19(26)8-11-24(21)31-25(28(23)27-22)18-6-9-20(10-7-18)30-13-12-29/h2-11,14,23,25,29H,12-13,15H2,1H3/t23-,25+/m1/s1. The smallest absolute Gasteiger partial charge is 0.213 e. The van der Waals surface area contributed by atoms with Gasteiger partial charge in [0.15, 0.2) is 0 Å². The van der Waals surface area contributed by atoms with Crippen LogP contribution in [0.1, 0.15) is 40.9 Å². The minimum Gasteiger partial charge on any atom is -0.491 e. The van der Waals surface area contributed by atoms with Crippen molar-refractivity contribution in [2.45, 2.75) is 25.6 Å². The van der Waals surface area contributed by atoms with E-state index >= 15 is 0 Å². The summed E-state index contributed by atoms with van der Waals surface area (Å²) in [6.07, 6.45) is 0.498. The first-order valence-electron chi connectivity index (χ1n) is 10.3. The number of halogens is 1. The topological polar surface area (TPSA) is 54.3 Å². The first-order valence-corrected chi connectivity index (χ1v) is 11.1. The van der Waals surface area contributed by atoms with E-state index < -0.39 is 0 Å². The van der Waals surface area contributed by atoms with Crippen LogP contribution in [-0.4, -0.2) is 29.0 Å². The van der Waals surface area contributed by atoms with E-state index in [2.05, 4.69) is 58.2 Å². The monoisotopic (exact) mass is 478 g/mol. The Kier molecular flexibility index (Phi) is 5.42. The maximum atomic E-state index is 8.97. The van der Waals surface area contributed by atoms with Gasteiger partial charge in [-0.3, -0.25) is 0 Å². The SMILES string of the molecule is Cc1ccc(C2=NN3[C@H](C2)c2cc(Br)ccc2O[C@H]3c2ccc(OCCO)cc2)cc1. The second-order valence-corrected chi connectivity index (χ2v) is 8.72. The third-order valence-electron chi connectivity index (χ3n) is 5.66. The number of hydrogen-bond acceptors (Lipinski definition) is 5. The minimum atomic E-state index is -0.325. The largest absolute Gasteiger partial charge is 0.491 e. The first kappa shape index (κ1) is 20.1. The summed E-state index contributed by atoms with van der Waals surface area (Å²) in [6.45, 7) is 2.36. The number of hydrogen-bond donors (Lipinski definition) is 1. The lowest BCUT2D eigenvalue weighted by atomic mass is 9.95. The number of rotatable bonds is 5. The van der Waals surface area contributed by atoms with Crippen molar-refractivity contribution in [1.29, 1.82) is 0 Å². The van der Waals surface area contributed by atoms with E-state index in [1.54, 1.807) is 0 Å². The summed E-state index contributed by atoms with van der Waals surface area (Å²) in [5.41, 5.74) is 5.58. The second kappa shape index (κ2) is 8.36. The van der Waals surface area contributed by atoms with Gasteiger partial charge in [0, 0.05) is 22.0 Å². The highest BCUT2D eigenvalue weighted by atomic mass is 79.9. The molecule has 0 bridgehead atoms. The van der Waals surface area contributed by atoms with Gasteiger partial charge >= 0.3 is 0 Å². The highest BCUT2D eigenvalue weighted by molar-refractivity contribution is 9.10. The van der Waals surface area contributed by atoms with Crippen LogP contribution in [0.5, 0.6) is 11.5 Å². The number of hydrazone groups is 1. The van der Waals surface area contributed by atoms with Crippen LogP contribution in [0.2, 0.25) is 0 Å². The van der Waals surface area contributed by atoms with Crippen LogP contribution >= 0.6 is 15.9 Å². The van der Waals surface area contributed by atoms with Gasteiger partial charge in [0.05, 0.1) is 18.4 Å². The van der Waals surface area contributed by atoms with Gasteiger partial charge in [0.1, 0.15) is 18.1 Å². The molecule has 2 heterocycles. The van der Waals surface area contributed by atoms with E-state index in [1.165, 1.54) is 5.56 Å². The van der Waals surface area contributed by atoms with Crippen LogP contribution < -0.4 is 9.47 Å². The molecule has 0 radical (unpaired) electrons. The summed E-state index contributed by atoms with van der Waals surface area (Å²) in [4.78, 5) is 0. The number of aliphatic hydroxyl groups is 1. The summed E-state index contributed by atoms with van der Waals surface area (Å²) < 4.78 is 13.0. The number of fused-ring (bicyclic) bond motifs is 3. The minimum absolute atomic E-state index is 0.00814. The van der Waals surface area contributed by atoms with Crippen LogP contribution in [0.15, 0.2) is 76.3 Å². The number of benzene rings is 3. The molecule has 5 nitrogen and oxygen atoms in total. The zero-order valence-corrected chi connectivity index (χ0v) is 18.7. The maximum Gasteiger partial charge on any atom is 0.213 e. The van der Waals surface area contributed by atoms with Crippen molar-refractivity contribution in [3.8, 4) is 11.5 Å². The third-order valence-corrected chi connectivity index (χ3v) is 6.16. The molecule has 2 aliphatic heterocycles. The molecular formula is C25H23BrN2O3. The molecular weight excluding hydrogens is 456 g/mol. The van der Waals surface area contributed by atoms with Crippen molar-refractivity contribution < 1.29 is 14.6 Å². The zero-order chi connectivity index (χ0) is 21.4. The summed E-state index contributed by atoms with van der Waals surface area (Å²) in [6, 6.07) is 22.6. The Morgan fingerprint density at radius 2 is 1.87 bits per heavy atom. The van der Waals surface area contributed by atoms with Gasteiger partial charge in [-0.2, -0.15) is 5.10 Å². The highest BCUT2D eigenvalue weighted by Crippen LogP contribution is 2.48. The maximum absolute atomic E-state index is 8.97. The third kappa shape index (κ3) is 3.93. The Hall–Kier alpha value is -2.83. The number of aliphatic hydroxyl groups excluding tert-OH is 1. The molecule has 0 saturated heterocycles. The lowest BCUT2D eigenvalue weighted by Crippen LogP contribution is -2.33. The average molecular weight is 479 g/mol. The van der Waals surface area contributed by atoms with Crippen LogP contribution in [0.25, 0.3) is 0 Å². The number of ether oxygens (including phenoxy) is 2. The zero-order valence-electron chi connectivity index (χ0n) is 17.2.